The SMILES string of the molecule is O=C(OCc1nnc(-c2cccs2)o1)C1C2CCC(C2)N1C(=O)NC1CCCCC1. The Labute approximate surface area is 179 Å². The van der Waals surface area contributed by atoms with Crippen molar-refractivity contribution in [2.24, 2.45) is 5.92 Å². The lowest BCUT2D eigenvalue weighted by Gasteiger charge is -2.35. The Morgan fingerprint density at radius 3 is 2.87 bits per heavy atom. The summed E-state index contributed by atoms with van der Waals surface area (Å²) in [7, 11) is 0. The van der Waals surface area contributed by atoms with E-state index in [2.05, 4.69) is 15.5 Å². The molecular weight excluding hydrogens is 404 g/mol. The molecule has 3 atom stereocenters. The van der Waals surface area contributed by atoms with Gasteiger partial charge in [0, 0.05) is 12.1 Å². The van der Waals surface area contributed by atoms with E-state index in [-0.39, 0.29) is 42.5 Å². The van der Waals surface area contributed by atoms with Crippen molar-refractivity contribution in [2.75, 3.05) is 0 Å². The molecule has 3 aliphatic rings. The van der Waals surface area contributed by atoms with Crippen LogP contribution < -0.4 is 5.32 Å². The van der Waals surface area contributed by atoms with Gasteiger partial charge in [-0.1, -0.05) is 25.3 Å². The van der Waals surface area contributed by atoms with Crippen LogP contribution in [0.5, 0.6) is 0 Å². The van der Waals surface area contributed by atoms with E-state index in [1.807, 2.05) is 17.5 Å². The lowest BCUT2D eigenvalue weighted by Crippen LogP contribution is -2.55. The molecule has 3 unspecified atom stereocenters. The van der Waals surface area contributed by atoms with Crippen molar-refractivity contribution in [1.29, 1.82) is 0 Å². The number of thiophene rings is 1. The summed E-state index contributed by atoms with van der Waals surface area (Å²) in [5, 5.41) is 13.1. The molecule has 2 aliphatic carbocycles. The van der Waals surface area contributed by atoms with Crippen LogP contribution in [0.2, 0.25) is 0 Å². The van der Waals surface area contributed by atoms with Crippen molar-refractivity contribution in [3.05, 3.63) is 23.4 Å². The summed E-state index contributed by atoms with van der Waals surface area (Å²) >= 11 is 1.50. The molecule has 0 spiro atoms. The lowest BCUT2D eigenvalue weighted by molar-refractivity contribution is -0.152. The highest BCUT2D eigenvalue weighted by Gasteiger charge is 2.52. The van der Waals surface area contributed by atoms with E-state index < -0.39 is 6.04 Å². The van der Waals surface area contributed by atoms with Crippen LogP contribution >= 0.6 is 11.3 Å². The van der Waals surface area contributed by atoms with E-state index in [4.69, 9.17) is 9.15 Å². The first-order valence-corrected chi connectivity index (χ1v) is 11.7. The Balaban J connectivity index is 1.22. The third kappa shape index (κ3) is 3.82. The van der Waals surface area contributed by atoms with Crippen LogP contribution in [0.25, 0.3) is 10.8 Å². The van der Waals surface area contributed by atoms with Crippen molar-refractivity contribution in [2.45, 2.75) is 76.1 Å². The number of nitrogens with zero attached hydrogens (tertiary/aromatic N) is 3. The van der Waals surface area contributed by atoms with Gasteiger partial charge in [-0.2, -0.15) is 0 Å². The second-order valence-electron chi connectivity index (χ2n) is 8.45. The van der Waals surface area contributed by atoms with Crippen molar-refractivity contribution < 1.29 is 18.7 Å². The van der Waals surface area contributed by atoms with Crippen LogP contribution in [-0.4, -0.2) is 45.2 Å². The predicted octanol–water partition coefficient (Wildman–Crippen LogP) is 3.74. The quantitative estimate of drug-likeness (QED) is 0.726. The monoisotopic (exact) mass is 430 g/mol. The second kappa shape index (κ2) is 8.37. The van der Waals surface area contributed by atoms with E-state index in [0.29, 0.717) is 5.89 Å². The minimum Gasteiger partial charge on any atom is -0.454 e. The molecule has 2 aromatic rings. The van der Waals surface area contributed by atoms with E-state index in [0.717, 1.165) is 49.8 Å². The van der Waals surface area contributed by atoms with Gasteiger partial charge in [0.2, 0.25) is 0 Å². The summed E-state index contributed by atoms with van der Waals surface area (Å²) in [4.78, 5) is 28.5. The number of esters is 1. The molecule has 160 valence electrons. The topological polar surface area (TPSA) is 97.6 Å². The van der Waals surface area contributed by atoms with Crippen LogP contribution in [0.15, 0.2) is 21.9 Å². The molecule has 1 N–H and O–H groups in total. The number of fused-ring (bicyclic) bond motifs is 2. The summed E-state index contributed by atoms with van der Waals surface area (Å²) < 4.78 is 11.1. The maximum Gasteiger partial charge on any atom is 0.329 e. The predicted molar refractivity (Wildman–Crippen MR) is 110 cm³/mol. The van der Waals surface area contributed by atoms with E-state index in [9.17, 15) is 9.59 Å². The molecule has 1 aliphatic heterocycles. The standard InChI is InChI=1S/C21H26N4O4S/c26-20(28-12-17-23-24-19(29-17)16-7-4-10-30-16)18-13-8-9-15(11-13)25(18)21(27)22-14-5-2-1-3-6-14/h4,7,10,13-15,18H,1-3,5-6,8-9,11-12H2,(H,22,27). The van der Waals surface area contributed by atoms with Gasteiger partial charge in [-0.05, 0) is 49.5 Å². The molecule has 2 aromatic heterocycles. The minimum absolute atomic E-state index is 0.0802. The number of ether oxygens (including phenoxy) is 1. The van der Waals surface area contributed by atoms with Crippen LogP contribution in [0.1, 0.15) is 57.3 Å². The molecule has 1 saturated heterocycles. The first kappa shape index (κ1) is 19.5. The third-order valence-corrected chi connectivity index (χ3v) is 7.39. The molecule has 0 aromatic carbocycles. The summed E-state index contributed by atoms with van der Waals surface area (Å²) in [5.41, 5.74) is 0. The van der Waals surface area contributed by atoms with Gasteiger partial charge in [0.05, 0.1) is 4.88 Å². The molecule has 2 amide bonds. The van der Waals surface area contributed by atoms with Gasteiger partial charge >= 0.3 is 12.0 Å². The normalized spacial score (nSPS) is 26.1. The molecular formula is C21H26N4O4S. The average molecular weight is 431 g/mol. The van der Waals surface area contributed by atoms with E-state index in [1.54, 1.807) is 4.90 Å². The molecule has 0 radical (unpaired) electrons. The van der Waals surface area contributed by atoms with Crippen LogP contribution in [-0.2, 0) is 16.1 Å². The smallest absolute Gasteiger partial charge is 0.329 e. The van der Waals surface area contributed by atoms with Gasteiger partial charge in [-0.25, -0.2) is 9.59 Å². The van der Waals surface area contributed by atoms with Crippen LogP contribution in [0, 0.1) is 5.92 Å². The largest absolute Gasteiger partial charge is 0.454 e. The van der Waals surface area contributed by atoms with Gasteiger partial charge in [0.25, 0.3) is 11.8 Å². The number of nitrogens with one attached hydrogen (secondary N) is 1. The number of aromatic nitrogens is 2. The number of urea groups is 1. The third-order valence-electron chi connectivity index (χ3n) is 6.53. The Bertz CT molecular complexity index is 893. The van der Waals surface area contributed by atoms with E-state index in [1.165, 1.54) is 17.8 Å². The van der Waals surface area contributed by atoms with Gasteiger partial charge < -0.3 is 19.4 Å². The van der Waals surface area contributed by atoms with Crippen molar-refractivity contribution in [3.8, 4) is 10.8 Å². The van der Waals surface area contributed by atoms with Gasteiger partial charge in [0.15, 0.2) is 6.61 Å². The molecule has 3 fully saturated rings. The first-order valence-electron chi connectivity index (χ1n) is 10.8. The van der Waals surface area contributed by atoms with Gasteiger partial charge in [0.1, 0.15) is 6.04 Å². The molecule has 2 saturated carbocycles. The van der Waals surface area contributed by atoms with Gasteiger partial charge in [-0.3, -0.25) is 0 Å². The molecule has 3 heterocycles. The number of piperidine rings is 1. The summed E-state index contributed by atoms with van der Waals surface area (Å²) in [6.07, 6.45) is 8.38. The summed E-state index contributed by atoms with van der Waals surface area (Å²) in [6.45, 7) is -0.0802. The Kier molecular flexibility index (Phi) is 5.45. The zero-order chi connectivity index (χ0) is 20.5. The molecule has 9 heteroatoms. The Hall–Kier alpha value is -2.42. The highest BCUT2D eigenvalue weighted by atomic mass is 32.1. The second-order valence-corrected chi connectivity index (χ2v) is 9.40. The minimum atomic E-state index is -0.521. The molecule has 8 nitrogen and oxygen atoms in total. The summed E-state index contributed by atoms with van der Waals surface area (Å²) in [5.74, 6) is 0.471. The fraction of sp³-hybridized carbons (Fsp3) is 0.619. The number of carbonyl (C=O) groups is 2. The van der Waals surface area contributed by atoms with Crippen molar-refractivity contribution in [1.82, 2.24) is 20.4 Å². The van der Waals surface area contributed by atoms with Crippen molar-refractivity contribution >= 4 is 23.3 Å². The zero-order valence-corrected chi connectivity index (χ0v) is 17.6. The average Bonchev–Trinajstić information content (AvgIpc) is 3.56. The number of hydrogen-bond acceptors (Lipinski definition) is 7. The first-order chi connectivity index (χ1) is 14.7. The van der Waals surface area contributed by atoms with Crippen molar-refractivity contribution in [3.63, 3.8) is 0 Å². The Morgan fingerprint density at radius 1 is 1.20 bits per heavy atom. The van der Waals surface area contributed by atoms with Crippen LogP contribution in [0.4, 0.5) is 4.79 Å². The highest BCUT2D eigenvalue weighted by molar-refractivity contribution is 7.13. The number of carbonyl (C=O) groups excluding carboxylic acids is 2. The summed E-state index contributed by atoms with van der Waals surface area (Å²) in [6, 6.07) is 3.51. The molecule has 30 heavy (non-hydrogen) atoms. The molecule has 5 rings (SSSR count). The number of rotatable bonds is 5. The van der Waals surface area contributed by atoms with Gasteiger partial charge in [-0.15, -0.1) is 21.5 Å². The number of hydrogen-bond donors (Lipinski definition) is 1. The Morgan fingerprint density at radius 2 is 2.07 bits per heavy atom. The highest BCUT2D eigenvalue weighted by Crippen LogP contribution is 2.43. The van der Waals surface area contributed by atoms with Crippen LogP contribution in [0.3, 0.4) is 0 Å². The number of likely N-dealkylation sites (tertiary alicyclic amines) is 1. The number of amides is 2. The molecule has 2 bridgehead atoms. The fourth-order valence-electron chi connectivity index (χ4n) is 5.11. The van der Waals surface area contributed by atoms with E-state index >= 15 is 0 Å². The fourth-order valence-corrected chi connectivity index (χ4v) is 5.75. The lowest BCUT2D eigenvalue weighted by atomic mass is 9.95. The zero-order valence-electron chi connectivity index (χ0n) is 16.8. The maximum absolute atomic E-state index is 13.0. The maximum atomic E-state index is 13.0.